The number of benzene rings is 2. The van der Waals surface area contributed by atoms with Gasteiger partial charge in [0.2, 0.25) is 6.79 Å². The average Bonchev–Trinajstić information content (AvgIpc) is 3.27. The van der Waals surface area contributed by atoms with Gasteiger partial charge in [-0.15, -0.1) is 0 Å². The fourth-order valence-corrected chi connectivity index (χ4v) is 4.52. The number of aromatic nitrogens is 1. The number of amides is 2. The lowest BCUT2D eigenvalue weighted by atomic mass is 9.91. The summed E-state index contributed by atoms with van der Waals surface area (Å²) < 4.78 is 10.7. The van der Waals surface area contributed by atoms with Crippen LogP contribution in [0, 0.1) is 0 Å². The van der Waals surface area contributed by atoms with Crippen LogP contribution in [0.4, 0.5) is 22.0 Å². The number of fused-ring (bicyclic) bond motifs is 2. The molecule has 0 bridgehead atoms. The molecule has 3 N–H and O–H groups in total. The summed E-state index contributed by atoms with van der Waals surface area (Å²) in [5.74, 6) is 2.25. The van der Waals surface area contributed by atoms with Crippen molar-refractivity contribution in [2.45, 2.75) is 37.8 Å². The molecule has 1 aliphatic heterocycles. The lowest BCUT2D eigenvalue weighted by molar-refractivity contribution is 0.174. The first kappa shape index (κ1) is 21.2. The number of anilines is 3. The third kappa shape index (κ3) is 4.74. The van der Waals surface area contributed by atoms with E-state index in [1.165, 1.54) is 0 Å². The lowest BCUT2D eigenvalue weighted by Crippen LogP contribution is -2.42. The lowest BCUT2D eigenvalue weighted by Gasteiger charge is -2.30. The van der Waals surface area contributed by atoms with Crippen molar-refractivity contribution in [2.24, 2.45) is 0 Å². The predicted octanol–water partition coefficient (Wildman–Crippen LogP) is 4.57. The number of ether oxygens (including phenoxy) is 2. The van der Waals surface area contributed by atoms with Gasteiger partial charge in [-0.25, -0.2) is 9.78 Å². The number of nitrogens with zero attached hydrogens (tertiary/aromatic N) is 2. The van der Waals surface area contributed by atoms with Crippen LogP contribution in [0.2, 0.25) is 0 Å². The minimum absolute atomic E-state index is 0.152. The molecular formula is C25H29N5O3. The van der Waals surface area contributed by atoms with E-state index in [1.807, 2.05) is 24.3 Å². The zero-order valence-electron chi connectivity index (χ0n) is 18.9. The van der Waals surface area contributed by atoms with Gasteiger partial charge in [0.05, 0.1) is 5.52 Å². The molecular weight excluding hydrogens is 418 g/mol. The molecule has 8 nitrogen and oxygen atoms in total. The number of carbonyl (C=O) groups is 1. The molecule has 33 heavy (non-hydrogen) atoms. The van der Waals surface area contributed by atoms with Gasteiger partial charge >= 0.3 is 6.03 Å². The Morgan fingerprint density at radius 2 is 1.73 bits per heavy atom. The predicted molar refractivity (Wildman–Crippen MR) is 130 cm³/mol. The molecule has 3 aromatic rings. The first-order valence-corrected chi connectivity index (χ1v) is 11.4. The Labute approximate surface area is 193 Å². The van der Waals surface area contributed by atoms with Crippen LogP contribution in [0.5, 0.6) is 11.5 Å². The molecule has 1 fully saturated rings. The van der Waals surface area contributed by atoms with Gasteiger partial charge in [0.25, 0.3) is 0 Å². The van der Waals surface area contributed by atoms with Crippen LogP contribution in [0.1, 0.15) is 25.7 Å². The summed E-state index contributed by atoms with van der Waals surface area (Å²) in [4.78, 5) is 19.4. The first-order valence-electron chi connectivity index (χ1n) is 11.4. The van der Waals surface area contributed by atoms with Gasteiger partial charge in [-0.3, -0.25) is 0 Å². The van der Waals surface area contributed by atoms with Gasteiger partial charge in [0.15, 0.2) is 11.5 Å². The van der Waals surface area contributed by atoms with Gasteiger partial charge in [0, 0.05) is 55.1 Å². The molecule has 2 aromatic carbocycles. The summed E-state index contributed by atoms with van der Waals surface area (Å²) >= 11 is 0. The molecule has 0 unspecified atom stereocenters. The monoisotopic (exact) mass is 447 g/mol. The van der Waals surface area contributed by atoms with Crippen LogP contribution in [-0.2, 0) is 0 Å². The van der Waals surface area contributed by atoms with E-state index in [0.29, 0.717) is 23.2 Å². The summed E-state index contributed by atoms with van der Waals surface area (Å²) in [5, 5.41) is 10.7. The second-order valence-corrected chi connectivity index (χ2v) is 8.80. The van der Waals surface area contributed by atoms with Gasteiger partial charge in [-0.2, -0.15) is 0 Å². The van der Waals surface area contributed by atoms with E-state index in [9.17, 15) is 4.79 Å². The number of rotatable bonds is 5. The molecule has 1 aromatic heterocycles. The molecule has 5 rings (SSSR count). The van der Waals surface area contributed by atoms with E-state index >= 15 is 0 Å². The Morgan fingerprint density at radius 3 is 2.55 bits per heavy atom. The molecule has 0 spiro atoms. The highest BCUT2D eigenvalue weighted by Gasteiger charge is 2.23. The van der Waals surface area contributed by atoms with E-state index in [2.05, 4.69) is 47.1 Å². The molecule has 2 amide bonds. The summed E-state index contributed by atoms with van der Waals surface area (Å²) in [5.41, 5.74) is 2.83. The molecule has 8 heteroatoms. The third-order valence-electron chi connectivity index (χ3n) is 6.22. The minimum Gasteiger partial charge on any atom is -0.454 e. The van der Waals surface area contributed by atoms with Crippen molar-refractivity contribution in [1.29, 1.82) is 0 Å². The maximum Gasteiger partial charge on any atom is 0.319 e. The molecule has 1 aliphatic carbocycles. The quantitative estimate of drug-likeness (QED) is 0.531. The van der Waals surface area contributed by atoms with Crippen molar-refractivity contribution in [2.75, 3.05) is 36.4 Å². The Balaban J connectivity index is 1.15. The van der Waals surface area contributed by atoms with Gasteiger partial charge < -0.3 is 30.3 Å². The molecule has 172 valence electrons. The number of nitrogens with one attached hydrogen (secondary N) is 3. The van der Waals surface area contributed by atoms with Crippen LogP contribution in [-0.4, -0.2) is 44.0 Å². The van der Waals surface area contributed by atoms with E-state index in [0.717, 1.165) is 48.1 Å². The minimum atomic E-state index is -0.197. The topological polar surface area (TPSA) is 87.8 Å². The maximum atomic E-state index is 12.5. The average molecular weight is 448 g/mol. The van der Waals surface area contributed by atoms with Gasteiger partial charge in [-0.1, -0.05) is 18.2 Å². The van der Waals surface area contributed by atoms with Gasteiger partial charge in [-0.05, 0) is 43.9 Å². The van der Waals surface area contributed by atoms with E-state index in [-0.39, 0.29) is 18.9 Å². The largest absolute Gasteiger partial charge is 0.454 e. The van der Waals surface area contributed by atoms with Crippen molar-refractivity contribution in [1.82, 2.24) is 10.3 Å². The number of para-hydroxylation sites is 1. The summed E-state index contributed by atoms with van der Waals surface area (Å²) in [6, 6.07) is 16.0. The van der Waals surface area contributed by atoms with Crippen molar-refractivity contribution < 1.29 is 14.3 Å². The zero-order valence-corrected chi connectivity index (χ0v) is 18.9. The zero-order chi connectivity index (χ0) is 22.8. The van der Waals surface area contributed by atoms with Crippen molar-refractivity contribution in [3.05, 3.63) is 48.5 Å². The van der Waals surface area contributed by atoms with Crippen LogP contribution in [0.25, 0.3) is 10.9 Å². The Bertz CT molecular complexity index is 1160. The van der Waals surface area contributed by atoms with Gasteiger partial charge in [0.1, 0.15) is 5.82 Å². The number of pyridine rings is 1. The number of carbonyl (C=O) groups excluding carboxylic acids is 1. The normalized spacial score (nSPS) is 19.2. The number of hydrogen-bond acceptors (Lipinski definition) is 6. The highest BCUT2D eigenvalue weighted by atomic mass is 16.7. The number of hydrogen-bond donors (Lipinski definition) is 3. The number of urea groups is 1. The van der Waals surface area contributed by atoms with Crippen LogP contribution >= 0.6 is 0 Å². The fourth-order valence-electron chi connectivity index (χ4n) is 4.52. The maximum absolute atomic E-state index is 12.5. The molecule has 0 atom stereocenters. The SMILES string of the molecule is CN(C)c1cc(N[C@H]2CC[C@@H](NC(=O)Nc3ccc4c(c3)OCO4)CC2)nc2ccccc12. The Hall–Kier alpha value is -3.68. The second kappa shape index (κ2) is 9.05. The van der Waals surface area contributed by atoms with Crippen molar-refractivity contribution in [3.63, 3.8) is 0 Å². The van der Waals surface area contributed by atoms with E-state index < -0.39 is 0 Å². The molecule has 2 aliphatic rings. The molecule has 0 radical (unpaired) electrons. The summed E-state index contributed by atoms with van der Waals surface area (Å²) in [6.07, 6.45) is 3.78. The van der Waals surface area contributed by atoms with Crippen LogP contribution in [0.15, 0.2) is 48.5 Å². The summed E-state index contributed by atoms with van der Waals surface area (Å²) in [6.45, 7) is 0.216. The van der Waals surface area contributed by atoms with Crippen molar-refractivity contribution in [3.8, 4) is 11.5 Å². The fraction of sp³-hybridized carbons (Fsp3) is 0.360. The van der Waals surface area contributed by atoms with Crippen LogP contribution in [0.3, 0.4) is 0 Å². The van der Waals surface area contributed by atoms with Crippen LogP contribution < -0.4 is 30.3 Å². The first-order chi connectivity index (χ1) is 16.0. The standard InChI is InChI=1S/C25H29N5O3/c1-30(2)21-14-24(29-20-6-4-3-5-19(20)21)26-16-7-9-17(10-8-16)27-25(31)28-18-11-12-22-23(13-18)33-15-32-22/h3-6,11-14,16-17H,7-10,15H2,1-2H3,(H,26,29)(H2,27,28,31)/t16-,17+. The molecule has 2 heterocycles. The smallest absolute Gasteiger partial charge is 0.319 e. The van der Waals surface area contributed by atoms with Crippen molar-refractivity contribution >= 4 is 34.1 Å². The highest BCUT2D eigenvalue weighted by Crippen LogP contribution is 2.34. The molecule has 0 saturated heterocycles. The van der Waals surface area contributed by atoms with E-state index in [4.69, 9.17) is 14.5 Å². The third-order valence-corrected chi connectivity index (χ3v) is 6.22. The second-order valence-electron chi connectivity index (χ2n) is 8.80. The summed E-state index contributed by atoms with van der Waals surface area (Å²) in [7, 11) is 4.11. The molecule has 1 saturated carbocycles. The Morgan fingerprint density at radius 1 is 0.970 bits per heavy atom. The highest BCUT2D eigenvalue weighted by molar-refractivity contribution is 5.93. The van der Waals surface area contributed by atoms with E-state index in [1.54, 1.807) is 12.1 Å². The Kier molecular flexibility index (Phi) is 5.81.